The lowest BCUT2D eigenvalue weighted by molar-refractivity contribution is 0.413. The maximum Gasteiger partial charge on any atom is 0.183 e. The second-order valence-electron chi connectivity index (χ2n) is 8.39. The van der Waals surface area contributed by atoms with Gasteiger partial charge in [0.25, 0.3) is 0 Å². The van der Waals surface area contributed by atoms with Crippen LogP contribution in [0.25, 0.3) is 22.5 Å². The summed E-state index contributed by atoms with van der Waals surface area (Å²) in [4.78, 5) is 11.1. The molecule has 1 aliphatic heterocycles. The fourth-order valence-electron chi connectivity index (χ4n) is 4.60. The van der Waals surface area contributed by atoms with E-state index in [2.05, 4.69) is 15.2 Å². The summed E-state index contributed by atoms with van der Waals surface area (Å²) in [5.41, 5.74) is 3.39. The minimum absolute atomic E-state index is 0.288. The largest absolute Gasteiger partial charge is 0.495 e. The van der Waals surface area contributed by atoms with Crippen molar-refractivity contribution in [1.82, 2.24) is 29.4 Å². The lowest BCUT2D eigenvalue weighted by Crippen LogP contribution is -2.24. The number of pyridine rings is 1. The van der Waals surface area contributed by atoms with Crippen molar-refractivity contribution < 1.29 is 13.5 Å². The van der Waals surface area contributed by atoms with Crippen LogP contribution in [0.1, 0.15) is 24.4 Å². The first-order valence-corrected chi connectivity index (χ1v) is 11.2. The number of halogens is 2. The predicted molar refractivity (Wildman–Crippen MR) is 126 cm³/mol. The normalized spacial score (nSPS) is 15.7. The van der Waals surface area contributed by atoms with Crippen LogP contribution < -0.4 is 9.64 Å². The van der Waals surface area contributed by atoms with Gasteiger partial charge >= 0.3 is 0 Å². The van der Waals surface area contributed by atoms with E-state index in [1.165, 1.54) is 12.1 Å². The SMILES string of the molecule is COc1cncc(-c2cnn(-c3cnn4ccc(N5CCC[C@@H]5c5cc(F)ccc5F)nc34)c2)c1. The molecule has 0 amide bonds. The van der Waals surface area contributed by atoms with Crippen molar-refractivity contribution in [3.05, 3.63) is 84.7 Å². The summed E-state index contributed by atoms with van der Waals surface area (Å²) in [5.74, 6) is 0.475. The molecule has 1 aliphatic rings. The van der Waals surface area contributed by atoms with E-state index in [1.807, 2.05) is 29.4 Å². The number of methoxy groups -OCH3 is 1. The Balaban J connectivity index is 1.36. The van der Waals surface area contributed by atoms with Crippen LogP contribution in [0, 0.1) is 11.6 Å². The third-order valence-corrected chi connectivity index (χ3v) is 6.31. The zero-order valence-corrected chi connectivity index (χ0v) is 18.8. The highest BCUT2D eigenvalue weighted by Gasteiger charge is 2.30. The van der Waals surface area contributed by atoms with E-state index in [9.17, 15) is 8.78 Å². The van der Waals surface area contributed by atoms with Crippen molar-refractivity contribution in [2.45, 2.75) is 18.9 Å². The van der Waals surface area contributed by atoms with Crippen LogP contribution >= 0.6 is 0 Å². The minimum Gasteiger partial charge on any atom is -0.495 e. The summed E-state index contributed by atoms with van der Waals surface area (Å²) in [5, 5.41) is 8.91. The molecule has 176 valence electrons. The first kappa shape index (κ1) is 21.2. The highest BCUT2D eigenvalue weighted by Crippen LogP contribution is 2.37. The average molecular weight is 473 g/mol. The topological polar surface area (TPSA) is 73.4 Å². The summed E-state index contributed by atoms with van der Waals surface area (Å²) in [6, 6.07) is 7.04. The minimum atomic E-state index is -0.449. The molecule has 0 N–H and O–H groups in total. The van der Waals surface area contributed by atoms with Gasteiger partial charge in [0.1, 0.15) is 28.9 Å². The van der Waals surface area contributed by atoms with E-state index in [1.54, 1.807) is 41.1 Å². The molecular weight excluding hydrogens is 452 g/mol. The molecule has 5 aromatic rings. The third kappa shape index (κ3) is 3.76. The number of nitrogens with zero attached hydrogens (tertiary/aromatic N) is 7. The maximum atomic E-state index is 14.5. The second-order valence-corrected chi connectivity index (χ2v) is 8.39. The van der Waals surface area contributed by atoms with Gasteiger partial charge in [-0.3, -0.25) is 4.98 Å². The molecule has 0 bridgehead atoms. The van der Waals surface area contributed by atoms with Crippen molar-refractivity contribution in [1.29, 1.82) is 0 Å². The Bertz CT molecular complexity index is 1530. The molecule has 0 unspecified atom stereocenters. The Morgan fingerprint density at radius 3 is 2.80 bits per heavy atom. The Morgan fingerprint density at radius 1 is 1.00 bits per heavy atom. The van der Waals surface area contributed by atoms with Crippen molar-refractivity contribution in [3.63, 3.8) is 0 Å². The summed E-state index contributed by atoms with van der Waals surface area (Å²) in [6.07, 6.45) is 12.1. The molecule has 35 heavy (non-hydrogen) atoms. The zero-order valence-electron chi connectivity index (χ0n) is 18.8. The van der Waals surface area contributed by atoms with Crippen molar-refractivity contribution in [3.8, 4) is 22.6 Å². The second kappa shape index (κ2) is 8.46. The molecular formula is C25H21F2N7O. The van der Waals surface area contributed by atoms with Crippen LogP contribution in [0.3, 0.4) is 0 Å². The van der Waals surface area contributed by atoms with Crippen LogP contribution in [0.5, 0.6) is 5.75 Å². The molecule has 0 spiro atoms. The fourth-order valence-corrected chi connectivity index (χ4v) is 4.60. The van der Waals surface area contributed by atoms with Crippen LogP contribution in [-0.2, 0) is 0 Å². The van der Waals surface area contributed by atoms with E-state index in [0.717, 1.165) is 30.0 Å². The summed E-state index contributed by atoms with van der Waals surface area (Å²) >= 11 is 0. The summed E-state index contributed by atoms with van der Waals surface area (Å²) in [6.45, 7) is 0.696. The molecule has 4 aromatic heterocycles. The quantitative estimate of drug-likeness (QED) is 0.371. The number of benzene rings is 1. The van der Waals surface area contributed by atoms with E-state index in [4.69, 9.17) is 9.72 Å². The van der Waals surface area contributed by atoms with Gasteiger partial charge < -0.3 is 9.64 Å². The van der Waals surface area contributed by atoms with Gasteiger partial charge in [0, 0.05) is 41.8 Å². The van der Waals surface area contributed by atoms with Gasteiger partial charge in [0.2, 0.25) is 0 Å². The van der Waals surface area contributed by atoms with Gasteiger partial charge in [-0.2, -0.15) is 10.2 Å². The highest BCUT2D eigenvalue weighted by molar-refractivity contribution is 5.66. The lowest BCUT2D eigenvalue weighted by Gasteiger charge is -2.26. The van der Waals surface area contributed by atoms with Gasteiger partial charge in [-0.15, -0.1) is 0 Å². The van der Waals surface area contributed by atoms with Gasteiger partial charge in [0.05, 0.1) is 31.7 Å². The average Bonchev–Trinajstić information content (AvgIpc) is 3.64. The molecule has 5 heterocycles. The Labute approximate surface area is 199 Å². The number of ether oxygens (including phenoxy) is 1. The zero-order chi connectivity index (χ0) is 23.9. The maximum absolute atomic E-state index is 14.5. The third-order valence-electron chi connectivity index (χ3n) is 6.31. The number of anilines is 1. The molecule has 8 nitrogen and oxygen atoms in total. The van der Waals surface area contributed by atoms with Crippen LogP contribution in [-0.4, -0.2) is 43.0 Å². The first-order valence-electron chi connectivity index (χ1n) is 11.2. The number of hydrogen-bond acceptors (Lipinski definition) is 6. The molecule has 0 saturated carbocycles. The Kier molecular flexibility index (Phi) is 5.13. The molecule has 1 atom stereocenters. The molecule has 10 heteroatoms. The first-order chi connectivity index (χ1) is 17.1. The molecule has 6 rings (SSSR count). The lowest BCUT2D eigenvalue weighted by atomic mass is 10.0. The van der Waals surface area contributed by atoms with E-state index >= 15 is 0 Å². The Hall–Kier alpha value is -4.34. The number of hydrogen-bond donors (Lipinski definition) is 0. The van der Waals surface area contributed by atoms with E-state index in [-0.39, 0.29) is 6.04 Å². The number of aromatic nitrogens is 6. The van der Waals surface area contributed by atoms with Crippen molar-refractivity contribution in [2.75, 3.05) is 18.6 Å². The number of rotatable bonds is 5. The highest BCUT2D eigenvalue weighted by atomic mass is 19.1. The molecule has 1 fully saturated rings. The van der Waals surface area contributed by atoms with Crippen LogP contribution in [0.2, 0.25) is 0 Å². The monoisotopic (exact) mass is 473 g/mol. The Morgan fingerprint density at radius 2 is 1.91 bits per heavy atom. The smallest absolute Gasteiger partial charge is 0.183 e. The number of fused-ring (bicyclic) bond motifs is 1. The van der Waals surface area contributed by atoms with Gasteiger partial charge in [-0.25, -0.2) is 23.0 Å². The van der Waals surface area contributed by atoms with E-state index in [0.29, 0.717) is 35.0 Å². The van der Waals surface area contributed by atoms with Crippen LogP contribution in [0.4, 0.5) is 14.6 Å². The van der Waals surface area contributed by atoms with Crippen molar-refractivity contribution in [2.24, 2.45) is 0 Å². The predicted octanol–water partition coefficient (Wildman–Crippen LogP) is 4.61. The summed E-state index contributed by atoms with van der Waals surface area (Å²) < 4.78 is 37.1. The van der Waals surface area contributed by atoms with Crippen LogP contribution in [0.15, 0.2) is 67.5 Å². The standard InChI is InChI=1S/C25H21F2N7O/c1-35-19-9-16(11-28-13-19)17-12-29-34(15-17)23-14-30-33-8-6-24(31-25(23)33)32-7-2-3-22(32)20-10-18(26)4-5-21(20)27/h4-6,8-15,22H,2-3,7H2,1H3/t22-/m1/s1. The van der Waals surface area contributed by atoms with Gasteiger partial charge in [-0.05, 0) is 43.2 Å². The summed E-state index contributed by atoms with van der Waals surface area (Å²) in [7, 11) is 1.60. The van der Waals surface area contributed by atoms with Crippen molar-refractivity contribution >= 4 is 11.5 Å². The fraction of sp³-hybridized carbons (Fsp3) is 0.200. The van der Waals surface area contributed by atoms with Gasteiger partial charge in [0.15, 0.2) is 5.65 Å². The van der Waals surface area contributed by atoms with E-state index < -0.39 is 11.6 Å². The molecule has 0 radical (unpaired) electrons. The molecule has 1 saturated heterocycles. The molecule has 0 aliphatic carbocycles. The van der Waals surface area contributed by atoms with Gasteiger partial charge in [-0.1, -0.05) is 0 Å². The molecule has 1 aromatic carbocycles.